The van der Waals surface area contributed by atoms with Gasteiger partial charge in [-0.1, -0.05) is 140 Å². The molecule has 0 amide bonds. The minimum Gasteiger partial charge on any atom is -0.507 e. The number of phenolic OH excluding ortho intramolecular Hbond substituents is 1. The van der Waals surface area contributed by atoms with E-state index in [1.54, 1.807) is 121 Å². The van der Waals surface area contributed by atoms with Crippen LogP contribution in [0.1, 0.15) is 0 Å². The molecule has 314 valence electrons. The molecule has 4 unspecified atom stereocenters. The smallest absolute Gasteiger partial charge is 0.484 e. The largest absolute Gasteiger partial charge is 0.507 e. The van der Waals surface area contributed by atoms with Gasteiger partial charge < -0.3 is 18.7 Å². The minimum atomic E-state index is -4.49. The van der Waals surface area contributed by atoms with Crippen molar-refractivity contribution in [3.63, 3.8) is 0 Å². The number of phenols is 1. The maximum atomic E-state index is 16.5. The van der Waals surface area contributed by atoms with Crippen molar-refractivity contribution in [2.24, 2.45) is 0 Å². The third-order valence-electron chi connectivity index (χ3n) is 11.7. The van der Waals surface area contributed by atoms with Crippen molar-refractivity contribution in [1.29, 1.82) is 0 Å². The number of fused-ring (bicyclic) bond motifs is 9. The van der Waals surface area contributed by atoms with Crippen molar-refractivity contribution in [1.82, 2.24) is 8.88 Å². The van der Waals surface area contributed by atoms with Crippen LogP contribution in [0.15, 0.2) is 194 Å². The first-order valence-electron chi connectivity index (χ1n) is 20.6. The molecule has 0 bridgehead atoms. The van der Waals surface area contributed by atoms with Gasteiger partial charge in [-0.3, -0.25) is 13.7 Å². The van der Waals surface area contributed by atoms with Gasteiger partial charge in [0, 0.05) is 55.5 Å². The number of hydrogen-bond donors (Lipinski definition) is 1. The van der Waals surface area contributed by atoms with Gasteiger partial charge in [-0.05, 0) is 59.2 Å². The van der Waals surface area contributed by atoms with Crippen LogP contribution in [0.4, 0.5) is 0 Å². The monoisotopic (exact) mass is 917 g/mol. The van der Waals surface area contributed by atoms with E-state index < -0.39 is 37.1 Å². The molecule has 14 heteroatoms. The fourth-order valence-electron chi connectivity index (χ4n) is 8.83. The van der Waals surface area contributed by atoms with Crippen LogP contribution in [0.5, 0.6) is 23.0 Å². The first-order valence-corrected chi connectivity index (χ1v) is 26.5. The zero-order valence-electron chi connectivity index (χ0n) is 33.9. The molecule has 8 aromatic rings. The van der Waals surface area contributed by atoms with Gasteiger partial charge in [-0.2, -0.15) is 0 Å². The van der Waals surface area contributed by atoms with Crippen LogP contribution < -0.4 is 34.8 Å². The van der Waals surface area contributed by atoms with Crippen molar-refractivity contribution < 1.29 is 36.9 Å². The molecule has 3 aliphatic rings. The highest BCUT2D eigenvalue weighted by Gasteiger charge is 2.58. The van der Waals surface area contributed by atoms with Crippen LogP contribution in [0.2, 0.25) is 0 Å². The number of para-hydroxylation sites is 4. The van der Waals surface area contributed by atoms with E-state index in [1.807, 2.05) is 72.8 Å². The molecule has 4 atom stereocenters. The summed E-state index contributed by atoms with van der Waals surface area (Å²) < 4.78 is 87.8. The van der Waals surface area contributed by atoms with Crippen LogP contribution in [-0.2, 0) is 18.3 Å². The Labute approximate surface area is 370 Å². The minimum absolute atomic E-state index is 0.0334. The standard InChI is InChI=1S/C50H36N2O8P4/c53-43-25-9-1-17-35(43)39-21-5-13-29-47(39)61(54)51(62(55)48-30-14-6-22-40(48)36-18-2-10-26-44(36)58-62)33-34-52(63(56)49-31-15-7-23-41(49)37-19-3-11-27-45(37)59-63)64(57)50-32-16-8-24-42(50)38-20-4-12-28-46(38)60-64/h1-32H,33-34H2/p+1. The molecule has 3 heterocycles. The first kappa shape index (κ1) is 40.4. The predicted molar refractivity (Wildman–Crippen MR) is 253 cm³/mol. The normalized spacial score (nSPS) is 20.2. The van der Waals surface area contributed by atoms with Crippen LogP contribution >= 0.6 is 30.5 Å². The van der Waals surface area contributed by atoms with Gasteiger partial charge >= 0.3 is 30.5 Å². The quantitative estimate of drug-likeness (QED) is 0.140. The van der Waals surface area contributed by atoms with E-state index >= 15 is 18.3 Å². The van der Waals surface area contributed by atoms with E-state index in [-0.39, 0.29) is 17.6 Å². The zero-order valence-corrected chi connectivity index (χ0v) is 37.5. The highest BCUT2D eigenvalue weighted by Crippen LogP contribution is 2.71. The Kier molecular flexibility index (Phi) is 9.94. The summed E-state index contributed by atoms with van der Waals surface area (Å²) in [6.45, 7) is -0.787. The Bertz CT molecular complexity index is 3250. The van der Waals surface area contributed by atoms with Crippen LogP contribution in [0.25, 0.3) is 44.5 Å². The lowest BCUT2D eigenvalue weighted by Crippen LogP contribution is -2.40. The Morgan fingerprint density at radius 3 is 1.20 bits per heavy atom. The van der Waals surface area contributed by atoms with Gasteiger partial charge in [0.2, 0.25) is 5.30 Å². The van der Waals surface area contributed by atoms with Crippen LogP contribution in [-0.4, -0.2) is 27.1 Å². The lowest BCUT2D eigenvalue weighted by atomic mass is 10.0. The highest BCUT2D eigenvalue weighted by molar-refractivity contribution is 7.80. The molecule has 0 aromatic heterocycles. The summed E-state index contributed by atoms with van der Waals surface area (Å²) in [5.41, 5.74) is 4.88. The van der Waals surface area contributed by atoms with Crippen LogP contribution in [0.3, 0.4) is 0 Å². The molecule has 1 N–H and O–H groups in total. The molecular formula is C50H37N2O8P4+. The number of aromatic hydroxyl groups is 1. The Hall–Kier alpha value is -6.33. The molecule has 0 radical (unpaired) electrons. The zero-order chi connectivity index (χ0) is 43.6. The van der Waals surface area contributed by atoms with E-state index in [4.69, 9.17) is 13.6 Å². The van der Waals surface area contributed by atoms with Gasteiger partial charge in [0.15, 0.2) is 0 Å². The van der Waals surface area contributed by atoms with Crippen molar-refractivity contribution in [2.45, 2.75) is 0 Å². The van der Waals surface area contributed by atoms with Crippen molar-refractivity contribution in [3.05, 3.63) is 194 Å². The number of benzene rings is 8. The summed E-state index contributed by atoms with van der Waals surface area (Å²) in [6, 6.07) is 56.8. The van der Waals surface area contributed by atoms with E-state index in [1.165, 1.54) is 8.88 Å². The molecule has 0 spiro atoms. The molecule has 8 aromatic carbocycles. The van der Waals surface area contributed by atoms with Gasteiger partial charge in [0.05, 0.1) is 22.5 Å². The second kappa shape index (κ2) is 15.7. The summed E-state index contributed by atoms with van der Waals surface area (Å²) >= 11 is 0. The maximum absolute atomic E-state index is 16.5. The summed E-state index contributed by atoms with van der Waals surface area (Å²) in [4.78, 5) is 0. The highest BCUT2D eigenvalue weighted by atomic mass is 31.2. The summed E-state index contributed by atoms with van der Waals surface area (Å²) in [5, 5.41) is 12.2. The van der Waals surface area contributed by atoms with Gasteiger partial charge in [-0.15, -0.1) is 4.44 Å². The van der Waals surface area contributed by atoms with E-state index in [9.17, 15) is 5.11 Å². The molecule has 10 nitrogen and oxygen atoms in total. The van der Waals surface area contributed by atoms with Gasteiger partial charge in [0.1, 0.15) is 23.0 Å². The summed E-state index contributed by atoms with van der Waals surface area (Å²) in [7, 11) is -16.3. The third-order valence-corrected chi connectivity index (χ3v) is 22.5. The van der Waals surface area contributed by atoms with E-state index in [0.29, 0.717) is 77.7 Å². The average molecular weight is 918 g/mol. The summed E-state index contributed by atoms with van der Waals surface area (Å²) in [6.07, 6.45) is 0. The van der Waals surface area contributed by atoms with Crippen LogP contribution in [0, 0.1) is 0 Å². The van der Waals surface area contributed by atoms with E-state index in [0.717, 1.165) is 0 Å². The van der Waals surface area contributed by atoms with E-state index in [2.05, 4.69) is 0 Å². The topological polar surface area (TPSA) is 123 Å². The molecule has 0 saturated carbocycles. The van der Waals surface area contributed by atoms with Gasteiger partial charge in [-0.25, -0.2) is 0 Å². The number of nitrogens with zero attached hydrogens (tertiary/aromatic N) is 2. The van der Waals surface area contributed by atoms with Crippen molar-refractivity contribution in [3.8, 4) is 67.5 Å². The van der Waals surface area contributed by atoms with Crippen molar-refractivity contribution >= 4 is 51.7 Å². The Balaban J connectivity index is 1.13. The molecule has 0 saturated heterocycles. The second-order valence-electron chi connectivity index (χ2n) is 15.4. The first-order chi connectivity index (χ1) is 31.2. The predicted octanol–water partition coefficient (Wildman–Crippen LogP) is 11.8. The third kappa shape index (κ3) is 6.37. The number of rotatable bonds is 9. The fourth-order valence-corrected chi connectivity index (χ4v) is 19.5. The average Bonchev–Trinajstić information content (AvgIpc) is 3.33. The van der Waals surface area contributed by atoms with Crippen molar-refractivity contribution in [2.75, 3.05) is 13.1 Å². The van der Waals surface area contributed by atoms with Gasteiger partial charge in [0.25, 0.3) is 0 Å². The molecule has 11 rings (SSSR count). The fraction of sp³-hybridized carbons (Fsp3) is 0.0400. The lowest BCUT2D eigenvalue weighted by molar-refractivity contribution is 0.378. The maximum Gasteiger partial charge on any atom is 0.484 e. The summed E-state index contributed by atoms with van der Waals surface area (Å²) in [5.74, 6) is 0.932. The lowest BCUT2D eigenvalue weighted by Gasteiger charge is -2.41. The molecular weight excluding hydrogens is 880 g/mol. The molecule has 64 heavy (non-hydrogen) atoms. The molecule has 0 aliphatic carbocycles. The SMILES string of the molecule is O=[P+](c1ccccc1-c1ccccc1O)N(CCN(P1(=O)Oc2ccccc2-c2ccccc21)P1(=O)Oc2ccccc2-c2ccccc21)P1(=O)Oc2ccccc2-c2ccccc21. The molecule has 3 aliphatic heterocycles. The Morgan fingerprint density at radius 2 is 0.734 bits per heavy atom. The Morgan fingerprint density at radius 1 is 0.391 bits per heavy atom. The number of hydrogen-bond acceptors (Lipinski definition) is 8. The second-order valence-corrected chi connectivity index (χ2v) is 24.1. The molecule has 0 fully saturated rings.